The van der Waals surface area contributed by atoms with Crippen LogP contribution in [0.25, 0.3) is 0 Å². The SMILES string of the molecule is CCCCN1C(=O)c2cc(C(=O)Nc3ccc(OCC)cc3)nn2CC1(C)C(=O)NC1CCCC1. The van der Waals surface area contributed by atoms with Gasteiger partial charge in [-0.3, -0.25) is 19.1 Å². The van der Waals surface area contributed by atoms with Gasteiger partial charge in [0.05, 0.1) is 13.2 Å². The molecule has 0 radical (unpaired) electrons. The summed E-state index contributed by atoms with van der Waals surface area (Å²) in [6, 6.07) is 8.72. The smallest absolute Gasteiger partial charge is 0.276 e. The monoisotopic (exact) mass is 481 g/mol. The minimum absolute atomic E-state index is 0.137. The lowest BCUT2D eigenvalue weighted by Crippen LogP contribution is -2.65. The van der Waals surface area contributed by atoms with E-state index < -0.39 is 11.4 Å². The lowest BCUT2D eigenvalue weighted by Gasteiger charge is -2.43. The van der Waals surface area contributed by atoms with Gasteiger partial charge in [0.25, 0.3) is 11.8 Å². The van der Waals surface area contributed by atoms with Gasteiger partial charge >= 0.3 is 0 Å². The fraction of sp³-hybridized carbons (Fsp3) is 0.538. The van der Waals surface area contributed by atoms with E-state index in [0.717, 1.165) is 44.3 Å². The van der Waals surface area contributed by atoms with Crippen LogP contribution < -0.4 is 15.4 Å². The molecule has 1 aliphatic heterocycles. The van der Waals surface area contributed by atoms with E-state index in [1.807, 2.05) is 6.92 Å². The number of unbranched alkanes of at least 4 members (excludes halogenated alkanes) is 1. The van der Waals surface area contributed by atoms with Crippen molar-refractivity contribution in [2.24, 2.45) is 0 Å². The van der Waals surface area contributed by atoms with Crippen molar-refractivity contribution in [3.05, 3.63) is 41.7 Å². The van der Waals surface area contributed by atoms with Gasteiger partial charge in [-0.15, -0.1) is 0 Å². The first-order valence-corrected chi connectivity index (χ1v) is 12.6. The Labute approximate surface area is 206 Å². The van der Waals surface area contributed by atoms with E-state index in [2.05, 4.69) is 22.7 Å². The maximum atomic E-state index is 13.5. The molecule has 4 rings (SSSR count). The number of fused-ring (bicyclic) bond motifs is 1. The van der Waals surface area contributed by atoms with Gasteiger partial charge < -0.3 is 20.3 Å². The second-order valence-corrected chi connectivity index (χ2v) is 9.52. The number of amides is 3. The molecule has 2 N–H and O–H groups in total. The topological polar surface area (TPSA) is 106 Å². The molecule has 2 aromatic rings. The van der Waals surface area contributed by atoms with Crippen LogP contribution in [0.15, 0.2) is 30.3 Å². The molecule has 2 heterocycles. The van der Waals surface area contributed by atoms with Gasteiger partial charge in [-0.05, 0) is 57.4 Å². The third-order valence-electron chi connectivity index (χ3n) is 6.87. The number of rotatable bonds is 9. The standard InChI is InChI=1S/C26H35N5O4/c1-4-6-15-30-24(33)22-16-21(23(32)27-19-11-13-20(14-12-19)35-5-2)29-31(22)17-26(30,3)25(34)28-18-9-7-8-10-18/h11-14,16,18H,4-10,15,17H2,1-3H3,(H,27,32)(H,28,34). The van der Waals surface area contributed by atoms with Crippen LogP contribution in [0.3, 0.4) is 0 Å². The van der Waals surface area contributed by atoms with Crippen molar-refractivity contribution >= 4 is 23.4 Å². The largest absolute Gasteiger partial charge is 0.494 e. The number of carbonyl (C=O) groups is 3. The van der Waals surface area contributed by atoms with Crippen molar-refractivity contribution in [3.8, 4) is 5.75 Å². The van der Waals surface area contributed by atoms with Gasteiger partial charge in [0.1, 0.15) is 17.0 Å². The number of carbonyl (C=O) groups excluding carboxylic acids is 3. The number of ether oxygens (including phenoxy) is 1. The molecule has 3 amide bonds. The maximum Gasteiger partial charge on any atom is 0.276 e. The van der Waals surface area contributed by atoms with E-state index in [9.17, 15) is 14.4 Å². The predicted octanol–water partition coefficient (Wildman–Crippen LogP) is 3.61. The summed E-state index contributed by atoms with van der Waals surface area (Å²) < 4.78 is 6.94. The van der Waals surface area contributed by atoms with Crippen molar-refractivity contribution in [1.29, 1.82) is 0 Å². The molecule has 1 saturated carbocycles. The summed E-state index contributed by atoms with van der Waals surface area (Å²) in [5.41, 5.74) is -0.0141. The van der Waals surface area contributed by atoms with Gasteiger partial charge in [-0.25, -0.2) is 0 Å². The second kappa shape index (κ2) is 10.5. The second-order valence-electron chi connectivity index (χ2n) is 9.52. The number of nitrogens with one attached hydrogen (secondary N) is 2. The van der Waals surface area contributed by atoms with Crippen LogP contribution in [0.4, 0.5) is 5.69 Å². The zero-order valence-corrected chi connectivity index (χ0v) is 20.8. The maximum absolute atomic E-state index is 13.5. The van der Waals surface area contributed by atoms with Gasteiger partial charge in [-0.2, -0.15) is 5.10 Å². The minimum atomic E-state index is -1.07. The number of hydrogen-bond acceptors (Lipinski definition) is 5. The first-order chi connectivity index (χ1) is 16.9. The highest BCUT2D eigenvalue weighted by Gasteiger charge is 2.48. The van der Waals surface area contributed by atoms with Crippen LogP contribution in [0.1, 0.15) is 80.3 Å². The summed E-state index contributed by atoms with van der Waals surface area (Å²) in [5, 5.41) is 10.4. The average molecular weight is 482 g/mol. The molecule has 0 saturated heterocycles. The summed E-state index contributed by atoms with van der Waals surface area (Å²) in [5.74, 6) is -0.131. The molecule has 1 fully saturated rings. The highest BCUT2D eigenvalue weighted by molar-refractivity contribution is 6.06. The van der Waals surface area contributed by atoms with Crippen LogP contribution in [-0.2, 0) is 11.3 Å². The fourth-order valence-corrected chi connectivity index (χ4v) is 4.83. The number of hydrogen-bond donors (Lipinski definition) is 2. The van der Waals surface area contributed by atoms with E-state index in [4.69, 9.17) is 4.74 Å². The van der Waals surface area contributed by atoms with Crippen molar-refractivity contribution in [2.75, 3.05) is 18.5 Å². The van der Waals surface area contributed by atoms with Gasteiger partial charge in [-0.1, -0.05) is 26.2 Å². The Morgan fingerprint density at radius 3 is 2.54 bits per heavy atom. The lowest BCUT2D eigenvalue weighted by molar-refractivity contribution is -0.133. The zero-order valence-electron chi connectivity index (χ0n) is 20.8. The summed E-state index contributed by atoms with van der Waals surface area (Å²) >= 11 is 0. The van der Waals surface area contributed by atoms with Crippen molar-refractivity contribution in [3.63, 3.8) is 0 Å². The molecule has 9 heteroatoms. The summed E-state index contributed by atoms with van der Waals surface area (Å²) in [4.78, 5) is 41.5. The van der Waals surface area contributed by atoms with E-state index in [1.54, 1.807) is 36.1 Å². The quantitative estimate of drug-likeness (QED) is 0.569. The number of nitrogens with zero attached hydrogens (tertiary/aromatic N) is 3. The Balaban J connectivity index is 1.55. The van der Waals surface area contributed by atoms with Crippen molar-refractivity contribution < 1.29 is 19.1 Å². The average Bonchev–Trinajstić information content (AvgIpc) is 3.50. The Bertz CT molecular complexity index is 1070. The van der Waals surface area contributed by atoms with Gasteiger partial charge in [0, 0.05) is 24.3 Å². The molecule has 0 bridgehead atoms. The van der Waals surface area contributed by atoms with E-state index >= 15 is 0 Å². The Morgan fingerprint density at radius 1 is 1.17 bits per heavy atom. The third kappa shape index (κ3) is 5.18. The summed E-state index contributed by atoms with van der Waals surface area (Å²) in [6.07, 6.45) is 5.84. The van der Waals surface area contributed by atoms with Crippen LogP contribution in [0.5, 0.6) is 5.75 Å². The summed E-state index contributed by atoms with van der Waals surface area (Å²) in [6.45, 7) is 7.00. The summed E-state index contributed by atoms with van der Waals surface area (Å²) in [7, 11) is 0. The van der Waals surface area contributed by atoms with E-state index in [0.29, 0.717) is 24.5 Å². The Kier molecular flexibility index (Phi) is 7.42. The molecule has 2 aliphatic rings. The third-order valence-corrected chi connectivity index (χ3v) is 6.87. The molecular weight excluding hydrogens is 446 g/mol. The minimum Gasteiger partial charge on any atom is -0.494 e. The molecule has 9 nitrogen and oxygen atoms in total. The van der Waals surface area contributed by atoms with Crippen LogP contribution >= 0.6 is 0 Å². The van der Waals surface area contributed by atoms with Crippen LogP contribution in [0.2, 0.25) is 0 Å². The zero-order chi connectivity index (χ0) is 25.0. The molecule has 1 aliphatic carbocycles. The molecule has 1 unspecified atom stereocenters. The van der Waals surface area contributed by atoms with Crippen LogP contribution in [-0.4, -0.2) is 57.1 Å². The fourth-order valence-electron chi connectivity index (χ4n) is 4.83. The predicted molar refractivity (Wildman–Crippen MR) is 133 cm³/mol. The molecule has 35 heavy (non-hydrogen) atoms. The van der Waals surface area contributed by atoms with Crippen molar-refractivity contribution in [2.45, 2.75) is 77.4 Å². The lowest BCUT2D eigenvalue weighted by atomic mass is 9.94. The highest BCUT2D eigenvalue weighted by Crippen LogP contribution is 2.29. The highest BCUT2D eigenvalue weighted by atomic mass is 16.5. The first-order valence-electron chi connectivity index (χ1n) is 12.6. The molecule has 1 aromatic heterocycles. The number of anilines is 1. The normalized spacial score (nSPS) is 20.0. The Morgan fingerprint density at radius 2 is 1.89 bits per heavy atom. The Hall–Kier alpha value is -3.36. The number of benzene rings is 1. The van der Waals surface area contributed by atoms with E-state index in [1.165, 1.54) is 10.7 Å². The van der Waals surface area contributed by atoms with Gasteiger partial charge in [0.2, 0.25) is 5.91 Å². The molecule has 1 atom stereocenters. The first kappa shape index (κ1) is 24.8. The molecule has 1 aromatic carbocycles. The van der Waals surface area contributed by atoms with Crippen molar-refractivity contribution in [1.82, 2.24) is 20.0 Å². The molecular formula is C26H35N5O4. The van der Waals surface area contributed by atoms with E-state index in [-0.39, 0.29) is 30.1 Å². The number of aromatic nitrogens is 2. The van der Waals surface area contributed by atoms with Gasteiger partial charge in [0.15, 0.2) is 5.69 Å². The molecule has 188 valence electrons. The molecule has 0 spiro atoms. The van der Waals surface area contributed by atoms with Crippen LogP contribution in [0, 0.1) is 0 Å².